The highest BCUT2D eigenvalue weighted by Gasteiger charge is 2.43. The Morgan fingerprint density at radius 3 is 2.27 bits per heavy atom. The Kier molecular flexibility index (Phi) is 12.5. The molecular weight excluding hydrogens is 761 g/mol. The minimum Gasteiger partial charge on any atom is -0.748 e. The van der Waals surface area contributed by atoms with Crippen molar-refractivity contribution in [1.82, 2.24) is 0 Å². The molecule has 4 rings (SSSR count). The van der Waals surface area contributed by atoms with Gasteiger partial charge in [-0.3, -0.25) is 9.11 Å². The number of aliphatic imine (C=N–C) groups is 1. The third-order valence-corrected chi connectivity index (χ3v) is 11.8. The van der Waals surface area contributed by atoms with Crippen LogP contribution in [0.15, 0.2) is 87.5 Å². The molecule has 0 bridgehead atoms. The van der Waals surface area contributed by atoms with Crippen LogP contribution in [0, 0.1) is 0 Å². The first-order valence-corrected chi connectivity index (χ1v) is 21.4. The zero-order valence-electron chi connectivity index (χ0n) is 28.6. The van der Waals surface area contributed by atoms with E-state index < -0.39 is 46.9 Å². The van der Waals surface area contributed by atoms with E-state index in [4.69, 9.17) is 32.7 Å². The fourth-order valence-corrected chi connectivity index (χ4v) is 8.19. The van der Waals surface area contributed by atoms with Crippen LogP contribution < -0.4 is 9.47 Å². The normalized spacial score (nSPS) is 18.2. The van der Waals surface area contributed by atoms with E-state index in [1.807, 2.05) is 55.4 Å². The summed E-state index contributed by atoms with van der Waals surface area (Å²) in [5.74, 6) is -0.117. The van der Waals surface area contributed by atoms with Crippen LogP contribution in [0.3, 0.4) is 0 Å². The lowest BCUT2D eigenvalue weighted by atomic mass is 9.82. The summed E-state index contributed by atoms with van der Waals surface area (Å²) < 4.78 is 99.9. The monoisotopic (exact) mass is 801 g/mol. The Morgan fingerprint density at radius 2 is 1.63 bits per heavy atom. The van der Waals surface area contributed by atoms with Gasteiger partial charge >= 0.3 is 5.82 Å². The van der Waals surface area contributed by atoms with Crippen LogP contribution in [-0.2, 0) is 47.7 Å². The maximum absolute atomic E-state index is 11.9. The fraction of sp³-hybridized carbons (Fsp3) is 0.412. The largest absolute Gasteiger partial charge is 0.748 e. The van der Waals surface area contributed by atoms with Crippen molar-refractivity contribution in [1.29, 1.82) is 0 Å². The molecule has 0 saturated carbocycles. The molecule has 51 heavy (non-hydrogen) atoms. The summed E-state index contributed by atoms with van der Waals surface area (Å²) in [5, 5.41) is 0.898. The molecule has 12 nitrogen and oxygen atoms in total. The first kappa shape index (κ1) is 40.9. The van der Waals surface area contributed by atoms with Gasteiger partial charge in [-0.05, 0) is 98.7 Å². The van der Waals surface area contributed by atoms with Gasteiger partial charge in [-0.15, -0.1) is 0 Å². The third-order valence-electron chi connectivity index (χ3n) is 8.87. The standard InChI is InChI=1S/C34H41Cl2N3O9S3/c1-33(2)28-21-25(36)23-38(17-5-7-19-49(40,41)42)32(28)37-30(33)13-9-11-24(35)12-10-14-31-34(3,4)27-22-26(51(46,47)48)15-16-29(27)39(31)18-6-8-20-50(43,44)45/h9-16,21-23H,5-8,17-20H2,1-4H3,(H2-,40,41,42,43,44,45,46,47,48). The Labute approximate surface area is 310 Å². The van der Waals surface area contributed by atoms with Crippen LogP contribution in [0.5, 0.6) is 0 Å². The van der Waals surface area contributed by atoms with Crippen molar-refractivity contribution < 1.29 is 43.5 Å². The number of anilines is 1. The SMILES string of the molecule is CC1(C)C(=CC=CC(Cl)=CC=CC2=Nc3c(cc(Cl)c[n+]3CCCCS(=O)(=O)[O-])C2(C)C)N(CCCCS(=O)(=O)O)c2ccc(S(=O)(=O)O)cc21. The van der Waals surface area contributed by atoms with Crippen molar-refractivity contribution in [3.8, 4) is 0 Å². The van der Waals surface area contributed by atoms with Crippen molar-refractivity contribution in [2.75, 3.05) is 23.0 Å². The molecule has 2 aromatic rings. The van der Waals surface area contributed by atoms with Gasteiger partial charge < -0.3 is 9.45 Å². The number of benzene rings is 1. The van der Waals surface area contributed by atoms with Gasteiger partial charge in [0.15, 0.2) is 5.71 Å². The highest BCUT2D eigenvalue weighted by Crippen LogP contribution is 2.48. The van der Waals surface area contributed by atoms with Crippen LogP contribution in [0.25, 0.3) is 0 Å². The molecule has 0 spiro atoms. The number of aryl methyl sites for hydroxylation is 1. The molecule has 0 unspecified atom stereocenters. The third kappa shape index (κ3) is 10.4. The maximum Gasteiger partial charge on any atom is 0.327 e. The summed E-state index contributed by atoms with van der Waals surface area (Å²) in [6.07, 6.45) is 13.6. The van der Waals surface area contributed by atoms with Gasteiger partial charge in [-0.1, -0.05) is 49.2 Å². The van der Waals surface area contributed by atoms with Gasteiger partial charge in [0.05, 0.1) is 43.3 Å². The molecule has 2 N–H and O–H groups in total. The lowest BCUT2D eigenvalue weighted by molar-refractivity contribution is -0.684. The second-order valence-electron chi connectivity index (χ2n) is 13.4. The van der Waals surface area contributed by atoms with Crippen LogP contribution in [0.2, 0.25) is 5.02 Å². The van der Waals surface area contributed by atoms with Gasteiger partial charge in [0.2, 0.25) is 0 Å². The van der Waals surface area contributed by atoms with E-state index in [1.165, 1.54) is 12.1 Å². The van der Waals surface area contributed by atoms with Crippen LogP contribution in [0.1, 0.15) is 64.5 Å². The number of aromatic nitrogens is 1. The van der Waals surface area contributed by atoms with E-state index in [1.54, 1.807) is 36.6 Å². The number of allylic oxidation sites excluding steroid dienone is 8. The van der Waals surface area contributed by atoms with Gasteiger partial charge in [0.1, 0.15) is 6.20 Å². The molecule has 0 saturated heterocycles. The lowest BCUT2D eigenvalue weighted by Crippen LogP contribution is -2.35. The van der Waals surface area contributed by atoms with Crippen molar-refractivity contribution in [3.63, 3.8) is 0 Å². The molecular formula is C34H41Cl2N3O9S3. The van der Waals surface area contributed by atoms with E-state index in [9.17, 15) is 34.4 Å². The minimum absolute atomic E-state index is 0.216. The number of rotatable bonds is 15. The highest BCUT2D eigenvalue weighted by molar-refractivity contribution is 7.86. The van der Waals surface area contributed by atoms with Crippen molar-refractivity contribution >= 4 is 70.8 Å². The molecule has 1 aromatic carbocycles. The van der Waals surface area contributed by atoms with E-state index in [0.29, 0.717) is 53.1 Å². The number of halogens is 2. The van der Waals surface area contributed by atoms with E-state index in [-0.39, 0.29) is 23.5 Å². The topological polar surface area (TPSA) is 185 Å². The molecule has 0 atom stereocenters. The summed E-state index contributed by atoms with van der Waals surface area (Å²) in [5.41, 5.74) is 2.61. The molecule has 0 fully saturated rings. The smallest absolute Gasteiger partial charge is 0.327 e. The molecule has 1 aromatic heterocycles. The zero-order valence-corrected chi connectivity index (χ0v) is 32.5. The molecule has 0 radical (unpaired) electrons. The van der Waals surface area contributed by atoms with Gasteiger partial charge in [-0.2, -0.15) is 16.8 Å². The fourth-order valence-electron chi connectivity index (χ4n) is 6.19. The van der Waals surface area contributed by atoms with Gasteiger partial charge in [0, 0.05) is 34.1 Å². The number of hydrogen-bond acceptors (Lipinski definition) is 9. The number of fused-ring (bicyclic) bond motifs is 2. The Morgan fingerprint density at radius 1 is 0.941 bits per heavy atom. The Hall–Kier alpha value is -2.89. The molecule has 0 aliphatic carbocycles. The summed E-state index contributed by atoms with van der Waals surface area (Å²) in [6, 6.07) is 6.20. The number of unbranched alkanes of at least 4 members (excludes halogenated alkanes) is 2. The van der Waals surface area contributed by atoms with Gasteiger partial charge in [-0.25, -0.2) is 13.0 Å². The number of nitrogens with zero attached hydrogens (tertiary/aromatic N) is 3. The lowest BCUT2D eigenvalue weighted by Gasteiger charge is -2.27. The molecule has 17 heteroatoms. The van der Waals surface area contributed by atoms with Crippen molar-refractivity contribution in [2.45, 2.75) is 75.6 Å². The van der Waals surface area contributed by atoms with Crippen LogP contribution in [0.4, 0.5) is 11.5 Å². The number of hydrogen-bond donors (Lipinski definition) is 2. The summed E-state index contributed by atoms with van der Waals surface area (Å²) >= 11 is 13.0. The number of pyridine rings is 1. The first-order valence-electron chi connectivity index (χ1n) is 16.0. The predicted octanol–water partition coefficient (Wildman–Crippen LogP) is 6.15. The summed E-state index contributed by atoms with van der Waals surface area (Å²) in [7, 11) is -12.8. The van der Waals surface area contributed by atoms with Crippen LogP contribution in [-0.4, -0.2) is 62.7 Å². The molecule has 2 aliphatic heterocycles. The zero-order chi connectivity index (χ0) is 38.0. The predicted molar refractivity (Wildman–Crippen MR) is 198 cm³/mol. The molecule has 278 valence electrons. The highest BCUT2D eigenvalue weighted by atomic mass is 35.5. The molecule has 2 aliphatic rings. The van der Waals surface area contributed by atoms with Gasteiger partial charge in [0.25, 0.3) is 20.2 Å². The Balaban J connectivity index is 1.55. The van der Waals surface area contributed by atoms with Crippen molar-refractivity contribution in [3.05, 3.63) is 93.8 Å². The quantitative estimate of drug-likeness (QED) is 0.0917. The van der Waals surface area contributed by atoms with Crippen molar-refractivity contribution in [2.24, 2.45) is 4.99 Å². The van der Waals surface area contributed by atoms with Crippen LogP contribution >= 0.6 is 23.2 Å². The summed E-state index contributed by atoms with van der Waals surface area (Å²) in [4.78, 5) is 6.56. The summed E-state index contributed by atoms with van der Waals surface area (Å²) in [6.45, 7) is 8.67. The second kappa shape index (κ2) is 15.6. The average Bonchev–Trinajstić information content (AvgIpc) is 3.37. The average molecular weight is 803 g/mol. The van der Waals surface area contributed by atoms with E-state index in [2.05, 4.69) is 0 Å². The van der Waals surface area contributed by atoms with E-state index in [0.717, 1.165) is 17.0 Å². The second-order valence-corrected chi connectivity index (χ2v) is 18.8. The molecule has 0 amide bonds. The Bertz CT molecular complexity index is 2170. The minimum atomic E-state index is -4.45. The molecule has 3 heterocycles. The maximum atomic E-state index is 11.9. The first-order chi connectivity index (χ1) is 23.5. The van der Waals surface area contributed by atoms with E-state index >= 15 is 0 Å².